The highest BCUT2D eigenvalue weighted by atomic mass is 32.1. The van der Waals surface area contributed by atoms with Crippen LogP contribution in [0.15, 0.2) is 30.6 Å². The Hall–Kier alpha value is -2.19. The monoisotopic (exact) mass is 369 g/mol. The Morgan fingerprint density at radius 2 is 2.04 bits per heavy atom. The highest BCUT2D eigenvalue weighted by Crippen LogP contribution is 2.27. The lowest BCUT2D eigenvalue weighted by Crippen LogP contribution is -2.33. The predicted molar refractivity (Wildman–Crippen MR) is 106 cm³/mol. The molecule has 0 aliphatic heterocycles. The number of hydrogen-bond acceptors (Lipinski definition) is 7. The Morgan fingerprint density at radius 1 is 1.19 bits per heavy atom. The van der Waals surface area contributed by atoms with E-state index in [-0.39, 0.29) is 5.50 Å². The fourth-order valence-electron chi connectivity index (χ4n) is 2.66. The Bertz CT molecular complexity index is 903. The van der Waals surface area contributed by atoms with Crippen molar-refractivity contribution in [3.63, 3.8) is 0 Å². The Balaban J connectivity index is 1.53. The summed E-state index contributed by atoms with van der Waals surface area (Å²) < 4.78 is 1.91. The summed E-state index contributed by atoms with van der Waals surface area (Å²) in [6, 6.07) is 6.06. The van der Waals surface area contributed by atoms with Crippen LogP contribution in [0.5, 0.6) is 0 Å². The third kappa shape index (κ3) is 3.96. The number of aromatic nitrogens is 5. The van der Waals surface area contributed by atoms with Crippen LogP contribution >= 0.6 is 12.6 Å². The third-order valence-electron chi connectivity index (χ3n) is 4.39. The molecule has 1 aliphatic carbocycles. The van der Waals surface area contributed by atoms with E-state index < -0.39 is 0 Å². The average Bonchev–Trinajstić information content (AvgIpc) is 3.32. The molecule has 0 amide bonds. The van der Waals surface area contributed by atoms with Gasteiger partial charge in [0.1, 0.15) is 28.2 Å². The zero-order valence-corrected chi connectivity index (χ0v) is 15.8. The fraction of sp³-hybridized carbons (Fsp3) is 0.444. The van der Waals surface area contributed by atoms with Crippen LogP contribution in [-0.2, 0) is 0 Å². The Labute approximate surface area is 158 Å². The molecule has 7 nitrogen and oxygen atoms in total. The van der Waals surface area contributed by atoms with E-state index in [0.29, 0.717) is 11.7 Å². The molecule has 0 saturated heterocycles. The molecule has 0 spiro atoms. The Kier molecular flexibility index (Phi) is 4.78. The highest BCUT2D eigenvalue weighted by molar-refractivity contribution is 7.81. The van der Waals surface area contributed by atoms with Gasteiger partial charge in [-0.05, 0) is 50.8 Å². The third-order valence-corrected chi connectivity index (χ3v) is 4.70. The minimum Gasteiger partial charge on any atom is -0.346 e. The zero-order valence-electron chi connectivity index (χ0n) is 14.9. The SMILES string of the molecule is CC(C)n1ccc(-c2cnc3ccc(NC(S)NCC4CC4)nc3n2)n1. The second-order valence-corrected chi connectivity index (χ2v) is 7.48. The molecule has 0 radical (unpaired) electrons. The topological polar surface area (TPSA) is 80.5 Å². The maximum absolute atomic E-state index is 4.64. The molecule has 1 atom stereocenters. The molecular weight excluding hydrogens is 346 g/mol. The first kappa shape index (κ1) is 17.2. The molecule has 3 aromatic rings. The van der Waals surface area contributed by atoms with Crippen molar-refractivity contribution >= 4 is 29.6 Å². The van der Waals surface area contributed by atoms with Crippen LogP contribution in [0.25, 0.3) is 22.6 Å². The van der Waals surface area contributed by atoms with Gasteiger partial charge in [0.05, 0.1) is 6.20 Å². The first-order valence-electron chi connectivity index (χ1n) is 8.96. The van der Waals surface area contributed by atoms with Crippen LogP contribution in [0.2, 0.25) is 0 Å². The van der Waals surface area contributed by atoms with Crippen LogP contribution < -0.4 is 10.6 Å². The molecule has 4 rings (SSSR count). The van der Waals surface area contributed by atoms with E-state index in [2.05, 4.69) is 57.2 Å². The summed E-state index contributed by atoms with van der Waals surface area (Å²) in [6.45, 7) is 5.16. The second kappa shape index (κ2) is 7.20. The summed E-state index contributed by atoms with van der Waals surface area (Å²) in [6.07, 6.45) is 6.32. The summed E-state index contributed by atoms with van der Waals surface area (Å²) in [5, 5.41) is 11.2. The number of fused-ring (bicyclic) bond motifs is 1. The first-order chi connectivity index (χ1) is 12.6. The van der Waals surface area contributed by atoms with E-state index in [1.165, 1.54) is 12.8 Å². The van der Waals surface area contributed by atoms with Gasteiger partial charge in [-0.1, -0.05) is 0 Å². The molecular formula is C18H23N7S. The van der Waals surface area contributed by atoms with Gasteiger partial charge in [0.25, 0.3) is 0 Å². The van der Waals surface area contributed by atoms with Gasteiger partial charge in [-0.15, -0.1) is 12.6 Å². The van der Waals surface area contributed by atoms with Gasteiger partial charge in [-0.25, -0.2) is 9.97 Å². The van der Waals surface area contributed by atoms with Crippen LogP contribution in [0, 0.1) is 5.92 Å². The minimum atomic E-state index is -0.140. The number of rotatable bonds is 7. The normalized spacial score (nSPS) is 15.5. The number of pyridine rings is 1. The van der Waals surface area contributed by atoms with Crippen LogP contribution in [0.1, 0.15) is 32.7 Å². The number of thiol groups is 1. The molecule has 8 heteroatoms. The summed E-state index contributed by atoms with van der Waals surface area (Å²) >= 11 is 4.53. The van der Waals surface area contributed by atoms with E-state index in [1.807, 2.05) is 29.1 Å². The van der Waals surface area contributed by atoms with Crippen molar-refractivity contribution in [1.82, 2.24) is 30.0 Å². The van der Waals surface area contributed by atoms with Gasteiger partial charge >= 0.3 is 0 Å². The number of anilines is 1. The molecule has 26 heavy (non-hydrogen) atoms. The second-order valence-electron chi connectivity index (χ2n) is 6.97. The van der Waals surface area contributed by atoms with Crippen molar-refractivity contribution in [3.8, 4) is 11.4 Å². The maximum atomic E-state index is 4.64. The van der Waals surface area contributed by atoms with Crippen molar-refractivity contribution in [3.05, 3.63) is 30.6 Å². The fourth-order valence-corrected chi connectivity index (χ4v) is 2.89. The number of nitrogens with one attached hydrogen (secondary N) is 2. The van der Waals surface area contributed by atoms with Crippen LogP contribution in [-0.4, -0.2) is 36.8 Å². The first-order valence-corrected chi connectivity index (χ1v) is 9.47. The van der Waals surface area contributed by atoms with E-state index in [0.717, 1.165) is 35.2 Å². The summed E-state index contributed by atoms with van der Waals surface area (Å²) in [5.74, 6) is 1.52. The van der Waals surface area contributed by atoms with Gasteiger partial charge in [0.15, 0.2) is 5.65 Å². The van der Waals surface area contributed by atoms with Gasteiger partial charge in [0.2, 0.25) is 0 Å². The molecule has 1 aliphatic rings. The van der Waals surface area contributed by atoms with Crippen molar-refractivity contribution < 1.29 is 0 Å². The standard InChI is InChI=1S/C18H23N7S/c1-11(2)25-8-7-13(24-25)15-10-19-14-5-6-16(22-17(14)21-15)23-18(26)20-9-12-3-4-12/h5-8,10-12,18,20,26H,3-4,9H2,1-2H3,(H,21,22,23). The van der Waals surface area contributed by atoms with Crippen molar-refractivity contribution in [2.75, 3.05) is 11.9 Å². The van der Waals surface area contributed by atoms with Gasteiger partial charge < -0.3 is 5.32 Å². The summed E-state index contributed by atoms with van der Waals surface area (Å²) in [4.78, 5) is 13.7. The molecule has 1 fully saturated rings. The molecule has 1 unspecified atom stereocenters. The van der Waals surface area contributed by atoms with Crippen LogP contribution in [0.3, 0.4) is 0 Å². The lowest BCUT2D eigenvalue weighted by atomic mass is 10.3. The van der Waals surface area contributed by atoms with Crippen molar-refractivity contribution in [2.24, 2.45) is 5.92 Å². The maximum Gasteiger partial charge on any atom is 0.180 e. The van der Waals surface area contributed by atoms with E-state index in [9.17, 15) is 0 Å². The Morgan fingerprint density at radius 3 is 2.77 bits per heavy atom. The molecule has 2 N–H and O–H groups in total. The minimum absolute atomic E-state index is 0.140. The van der Waals surface area contributed by atoms with Crippen LogP contribution in [0.4, 0.5) is 5.82 Å². The smallest absolute Gasteiger partial charge is 0.180 e. The van der Waals surface area contributed by atoms with Gasteiger partial charge in [-0.3, -0.25) is 15.0 Å². The summed E-state index contributed by atoms with van der Waals surface area (Å²) in [7, 11) is 0. The summed E-state index contributed by atoms with van der Waals surface area (Å²) in [5.41, 5.74) is 2.72. The molecule has 136 valence electrons. The highest BCUT2D eigenvalue weighted by Gasteiger charge is 2.21. The zero-order chi connectivity index (χ0) is 18.1. The van der Waals surface area contributed by atoms with Gasteiger partial charge in [0, 0.05) is 18.8 Å². The largest absolute Gasteiger partial charge is 0.346 e. The number of nitrogens with zero attached hydrogens (tertiary/aromatic N) is 5. The van der Waals surface area contributed by atoms with Crippen molar-refractivity contribution in [2.45, 2.75) is 38.2 Å². The molecule has 0 aromatic carbocycles. The molecule has 3 heterocycles. The quantitative estimate of drug-likeness (QED) is 0.439. The molecule has 3 aromatic heterocycles. The van der Waals surface area contributed by atoms with E-state index >= 15 is 0 Å². The van der Waals surface area contributed by atoms with E-state index in [1.54, 1.807) is 6.20 Å². The lowest BCUT2D eigenvalue weighted by Gasteiger charge is -2.15. The molecule has 0 bridgehead atoms. The van der Waals surface area contributed by atoms with E-state index in [4.69, 9.17) is 0 Å². The van der Waals surface area contributed by atoms with Crippen molar-refractivity contribution in [1.29, 1.82) is 0 Å². The lowest BCUT2D eigenvalue weighted by molar-refractivity contribution is 0.534. The molecule has 1 saturated carbocycles. The number of hydrogen-bond donors (Lipinski definition) is 3. The predicted octanol–water partition coefficient (Wildman–Crippen LogP) is 3.09. The average molecular weight is 369 g/mol. The van der Waals surface area contributed by atoms with Gasteiger partial charge in [-0.2, -0.15) is 5.10 Å².